The van der Waals surface area contributed by atoms with Crippen molar-refractivity contribution >= 4 is 51.4 Å². The number of fused-ring (bicyclic) bond motifs is 1. The lowest BCUT2D eigenvalue weighted by atomic mass is 9.81. The minimum absolute atomic E-state index is 0.206. The molecule has 2 heterocycles. The summed E-state index contributed by atoms with van der Waals surface area (Å²) < 4.78 is 0. The Hall–Kier alpha value is -1.60. The van der Waals surface area contributed by atoms with Crippen molar-refractivity contribution in [3.05, 3.63) is 49.8 Å². The Labute approximate surface area is 172 Å². The summed E-state index contributed by atoms with van der Waals surface area (Å²) in [5, 5.41) is 7.51. The molecule has 0 bridgehead atoms. The Balaban J connectivity index is 2.06. The van der Waals surface area contributed by atoms with E-state index in [-0.39, 0.29) is 21.7 Å². The quantitative estimate of drug-likeness (QED) is 0.673. The van der Waals surface area contributed by atoms with Crippen LogP contribution in [0.1, 0.15) is 58.9 Å². The van der Waals surface area contributed by atoms with Gasteiger partial charge in [0, 0.05) is 21.0 Å². The van der Waals surface area contributed by atoms with Crippen LogP contribution in [0.25, 0.3) is 0 Å². The van der Waals surface area contributed by atoms with Crippen LogP contribution in [-0.4, -0.2) is 17.4 Å². The molecule has 0 saturated carbocycles. The van der Waals surface area contributed by atoms with Gasteiger partial charge in [0.25, 0.3) is 11.8 Å². The van der Waals surface area contributed by atoms with Gasteiger partial charge in [0.1, 0.15) is 5.00 Å². The highest BCUT2D eigenvalue weighted by molar-refractivity contribution is 7.17. The van der Waals surface area contributed by atoms with Gasteiger partial charge in [-0.2, -0.15) is 0 Å². The monoisotopic (exact) mass is 425 g/mol. The van der Waals surface area contributed by atoms with Gasteiger partial charge in [-0.05, 0) is 57.9 Å². The number of nitrogens with two attached hydrogens (primary N) is 1. The van der Waals surface area contributed by atoms with Crippen LogP contribution in [0.4, 0.5) is 5.00 Å². The Morgan fingerprint density at radius 2 is 1.89 bits per heavy atom. The zero-order valence-electron chi connectivity index (χ0n) is 15.5. The van der Waals surface area contributed by atoms with Crippen LogP contribution in [0.3, 0.4) is 0 Å². The molecule has 5 nitrogen and oxygen atoms in total. The first-order chi connectivity index (χ1) is 12.4. The summed E-state index contributed by atoms with van der Waals surface area (Å²) in [6.45, 7) is 8.25. The SMILES string of the molecule is CC1(C)Cc2c(sc(NC(=O)c3ccc(Cl)cc3Cl)c2C(N)=O)C(C)(C)N1. The van der Waals surface area contributed by atoms with Crippen molar-refractivity contribution in [3.8, 4) is 0 Å². The van der Waals surface area contributed by atoms with E-state index in [9.17, 15) is 9.59 Å². The number of anilines is 1. The number of halogens is 2. The van der Waals surface area contributed by atoms with E-state index >= 15 is 0 Å². The average Bonchev–Trinajstić information content (AvgIpc) is 2.83. The zero-order chi connectivity index (χ0) is 20.1. The molecule has 0 unspecified atom stereocenters. The lowest BCUT2D eigenvalue weighted by molar-refractivity contribution is 0.0999. The molecule has 8 heteroatoms. The Bertz CT molecular complexity index is 951. The summed E-state index contributed by atoms with van der Waals surface area (Å²) in [6, 6.07) is 4.64. The number of hydrogen-bond donors (Lipinski definition) is 3. The molecule has 4 N–H and O–H groups in total. The summed E-state index contributed by atoms with van der Waals surface area (Å²) in [7, 11) is 0. The second-order valence-electron chi connectivity index (χ2n) is 7.87. The molecule has 144 valence electrons. The van der Waals surface area contributed by atoms with E-state index in [1.165, 1.54) is 17.4 Å². The van der Waals surface area contributed by atoms with Crippen molar-refractivity contribution < 1.29 is 9.59 Å². The Morgan fingerprint density at radius 3 is 2.48 bits per heavy atom. The highest BCUT2D eigenvalue weighted by Gasteiger charge is 2.41. The molecule has 0 radical (unpaired) electrons. The fourth-order valence-corrected chi connectivity index (χ4v) is 5.49. The van der Waals surface area contributed by atoms with Gasteiger partial charge in [-0.3, -0.25) is 9.59 Å². The first-order valence-electron chi connectivity index (χ1n) is 8.43. The van der Waals surface area contributed by atoms with Crippen molar-refractivity contribution in [1.82, 2.24) is 5.32 Å². The van der Waals surface area contributed by atoms with Crippen LogP contribution in [0.15, 0.2) is 18.2 Å². The van der Waals surface area contributed by atoms with E-state index in [1.807, 2.05) is 0 Å². The molecule has 0 atom stereocenters. The third-order valence-corrected chi connectivity index (χ3v) is 6.51. The Morgan fingerprint density at radius 1 is 1.22 bits per heavy atom. The van der Waals surface area contributed by atoms with E-state index in [0.29, 0.717) is 22.0 Å². The normalized spacial score (nSPS) is 17.3. The third kappa shape index (κ3) is 3.85. The molecule has 0 fully saturated rings. The third-order valence-electron chi connectivity index (χ3n) is 4.49. The number of benzene rings is 1. The summed E-state index contributed by atoms with van der Waals surface area (Å²) >= 11 is 13.4. The standard InChI is InChI=1S/C19H21Cl2N3O2S/c1-18(2)8-11-13(15(22)25)17(27-14(11)19(3,4)24-18)23-16(26)10-6-5-9(20)7-12(10)21/h5-7,24H,8H2,1-4H3,(H2,22,25)(H,23,26). The lowest BCUT2D eigenvalue weighted by Gasteiger charge is -2.42. The first-order valence-corrected chi connectivity index (χ1v) is 10.0. The summed E-state index contributed by atoms with van der Waals surface area (Å²) in [4.78, 5) is 25.9. The molecule has 27 heavy (non-hydrogen) atoms. The van der Waals surface area contributed by atoms with E-state index in [1.54, 1.807) is 12.1 Å². The van der Waals surface area contributed by atoms with Crippen LogP contribution in [-0.2, 0) is 12.0 Å². The number of thiophene rings is 1. The maximum Gasteiger partial charge on any atom is 0.257 e. The van der Waals surface area contributed by atoms with Crippen LogP contribution in [0.2, 0.25) is 10.0 Å². The van der Waals surface area contributed by atoms with Gasteiger partial charge in [0.15, 0.2) is 0 Å². The van der Waals surface area contributed by atoms with Crippen LogP contribution >= 0.6 is 34.5 Å². The predicted molar refractivity (Wildman–Crippen MR) is 111 cm³/mol. The summed E-state index contributed by atoms with van der Waals surface area (Å²) in [5.41, 5.74) is 6.65. The smallest absolute Gasteiger partial charge is 0.257 e. The minimum Gasteiger partial charge on any atom is -0.365 e. The van der Waals surface area contributed by atoms with Gasteiger partial charge in [-0.15, -0.1) is 11.3 Å². The number of nitrogens with one attached hydrogen (secondary N) is 2. The number of carbonyl (C=O) groups is 2. The van der Waals surface area contributed by atoms with E-state index in [0.717, 1.165) is 10.4 Å². The molecule has 0 aliphatic carbocycles. The molecule has 3 rings (SSSR count). The van der Waals surface area contributed by atoms with Crippen LogP contribution in [0.5, 0.6) is 0 Å². The number of carbonyl (C=O) groups excluding carboxylic acids is 2. The average molecular weight is 426 g/mol. The predicted octanol–water partition coefficient (Wildman–Crippen LogP) is 4.57. The summed E-state index contributed by atoms with van der Waals surface area (Å²) in [5.74, 6) is -0.971. The second kappa shape index (κ2) is 6.78. The molecule has 2 aromatic rings. The van der Waals surface area contributed by atoms with Crippen molar-refractivity contribution in [3.63, 3.8) is 0 Å². The van der Waals surface area contributed by atoms with E-state index < -0.39 is 11.8 Å². The lowest BCUT2D eigenvalue weighted by Crippen LogP contribution is -2.55. The van der Waals surface area contributed by atoms with Crippen molar-refractivity contribution in [2.75, 3.05) is 5.32 Å². The van der Waals surface area contributed by atoms with Gasteiger partial charge in [-0.25, -0.2) is 0 Å². The van der Waals surface area contributed by atoms with Gasteiger partial charge in [0.05, 0.1) is 16.1 Å². The molecule has 1 aliphatic heterocycles. The fraction of sp³-hybridized carbons (Fsp3) is 0.368. The van der Waals surface area contributed by atoms with Crippen LogP contribution in [0, 0.1) is 0 Å². The fourth-order valence-electron chi connectivity index (χ4n) is 3.72. The molecule has 1 aromatic heterocycles. The van der Waals surface area contributed by atoms with Gasteiger partial charge >= 0.3 is 0 Å². The number of primary amides is 1. The van der Waals surface area contributed by atoms with E-state index in [2.05, 4.69) is 38.3 Å². The minimum atomic E-state index is -0.557. The first kappa shape index (κ1) is 20.1. The molecule has 2 amide bonds. The Kier molecular flexibility index (Phi) is 5.06. The molecular formula is C19H21Cl2N3O2S. The highest BCUT2D eigenvalue weighted by atomic mass is 35.5. The molecule has 0 saturated heterocycles. The maximum absolute atomic E-state index is 12.7. The number of amides is 2. The highest BCUT2D eigenvalue weighted by Crippen LogP contribution is 2.45. The second-order valence-corrected chi connectivity index (χ2v) is 9.73. The van der Waals surface area contributed by atoms with Crippen molar-refractivity contribution in [2.24, 2.45) is 5.73 Å². The van der Waals surface area contributed by atoms with Crippen molar-refractivity contribution in [1.29, 1.82) is 0 Å². The van der Waals surface area contributed by atoms with Gasteiger partial charge in [-0.1, -0.05) is 23.2 Å². The van der Waals surface area contributed by atoms with Gasteiger partial charge < -0.3 is 16.4 Å². The maximum atomic E-state index is 12.7. The van der Waals surface area contributed by atoms with Crippen LogP contribution < -0.4 is 16.4 Å². The van der Waals surface area contributed by atoms with Gasteiger partial charge in [0.2, 0.25) is 0 Å². The summed E-state index contributed by atoms with van der Waals surface area (Å²) in [6.07, 6.45) is 0.637. The zero-order valence-corrected chi connectivity index (χ0v) is 17.8. The van der Waals surface area contributed by atoms with Crippen molar-refractivity contribution in [2.45, 2.75) is 45.2 Å². The molecule has 1 aliphatic rings. The topological polar surface area (TPSA) is 84.2 Å². The molecule has 1 aromatic carbocycles. The largest absolute Gasteiger partial charge is 0.365 e. The molecular weight excluding hydrogens is 405 g/mol. The molecule has 0 spiro atoms. The number of hydrogen-bond acceptors (Lipinski definition) is 4. The van der Waals surface area contributed by atoms with E-state index in [4.69, 9.17) is 28.9 Å². The number of rotatable bonds is 3.